The van der Waals surface area contributed by atoms with Gasteiger partial charge in [0.25, 0.3) is 0 Å². The van der Waals surface area contributed by atoms with Crippen molar-refractivity contribution in [3.8, 4) is 0 Å². The van der Waals surface area contributed by atoms with Crippen LogP contribution in [0.15, 0.2) is 53.9 Å². The van der Waals surface area contributed by atoms with Crippen LogP contribution in [0.5, 0.6) is 0 Å². The van der Waals surface area contributed by atoms with E-state index in [1.807, 2.05) is 18.2 Å². The van der Waals surface area contributed by atoms with Gasteiger partial charge in [0.15, 0.2) is 5.82 Å². The summed E-state index contributed by atoms with van der Waals surface area (Å²) in [6, 6.07) is 5.85. The van der Waals surface area contributed by atoms with Crippen LogP contribution in [0.1, 0.15) is 132 Å². The number of fused-ring (bicyclic) bond motifs is 7. The van der Waals surface area contributed by atoms with Gasteiger partial charge in [0.1, 0.15) is 11.9 Å². The molecule has 1 heterocycles. The minimum absolute atomic E-state index is 0.0227. The highest BCUT2D eigenvalue weighted by Gasteiger charge is 2.71. The van der Waals surface area contributed by atoms with Gasteiger partial charge in [-0.2, -0.15) is 0 Å². The lowest BCUT2D eigenvalue weighted by Gasteiger charge is -2.73. The van der Waals surface area contributed by atoms with Crippen LogP contribution in [0.2, 0.25) is 0 Å². The molecule has 1 aromatic rings. The summed E-state index contributed by atoms with van der Waals surface area (Å²) in [5.41, 5.74) is 8.18. The second-order valence-electron chi connectivity index (χ2n) is 19.4. The summed E-state index contributed by atoms with van der Waals surface area (Å²) < 4.78 is 6.63. The highest BCUT2D eigenvalue weighted by molar-refractivity contribution is 5.83. The smallest absolute Gasteiger partial charge is 0.309 e. The van der Waals surface area contributed by atoms with E-state index >= 15 is 0 Å². The largest absolute Gasteiger partial charge is 0.495 e. The average molecular weight is 672 g/mol. The second-order valence-corrected chi connectivity index (χ2v) is 19.4. The number of amidine groups is 1. The van der Waals surface area contributed by atoms with Crippen LogP contribution in [-0.2, 0) is 9.53 Å². The van der Waals surface area contributed by atoms with Crippen LogP contribution in [0.4, 0.5) is 5.82 Å². The molecule has 6 nitrogen and oxygen atoms in total. The number of nitrogens with two attached hydrogens (primary N) is 1. The molecule has 10 atom stereocenters. The third kappa shape index (κ3) is 5.70. The first-order valence-corrected chi connectivity index (χ1v) is 19.3. The van der Waals surface area contributed by atoms with Crippen molar-refractivity contribution >= 4 is 17.6 Å². The molecule has 0 aliphatic heterocycles. The van der Waals surface area contributed by atoms with E-state index < -0.39 is 11.4 Å². The molecule has 5 saturated carbocycles. The quantitative estimate of drug-likeness (QED) is 0.118. The Labute approximate surface area is 296 Å². The number of carbonyl (C=O) groups is 1. The van der Waals surface area contributed by atoms with Gasteiger partial charge < -0.3 is 15.6 Å². The van der Waals surface area contributed by atoms with Gasteiger partial charge in [0.05, 0.1) is 11.2 Å². The standard InChI is InChI=1S/C43H65N3O3/c1-27(2)29-16-21-43(26-34(44)46-35-13-11-12-24-45-35)23-22-41(9)30(36(29)43)14-15-32-40(8)19-18-33(49-28(3)25-38(4,5)37(47)48)39(6,7)31(40)17-20-42(32,41)10/h11-13,24,29-33,36H,1,3,14-23,25-26H2,2,4-10H3,(H,47,48)(H2,44,45,46)/t29-,30+,31-,32+,33-,36+,40-,41+,42+,43+/m0/s1. The summed E-state index contributed by atoms with van der Waals surface area (Å²) in [6.07, 6.45) is 15.2. The maximum Gasteiger partial charge on any atom is 0.309 e. The number of rotatable bonds is 9. The number of carboxylic acids is 1. The molecule has 6 heteroatoms. The van der Waals surface area contributed by atoms with Crippen molar-refractivity contribution in [2.45, 2.75) is 139 Å². The van der Waals surface area contributed by atoms with Gasteiger partial charge in [0.2, 0.25) is 0 Å². The van der Waals surface area contributed by atoms with Crippen LogP contribution in [0.3, 0.4) is 0 Å². The Morgan fingerprint density at radius 1 is 0.980 bits per heavy atom. The zero-order valence-corrected chi connectivity index (χ0v) is 31.9. The lowest BCUT2D eigenvalue weighted by Crippen LogP contribution is -2.66. The average Bonchev–Trinajstić information content (AvgIpc) is 3.38. The van der Waals surface area contributed by atoms with Gasteiger partial charge in [0, 0.05) is 24.5 Å². The number of aromatic nitrogens is 1. The molecule has 49 heavy (non-hydrogen) atoms. The van der Waals surface area contributed by atoms with Crippen LogP contribution >= 0.6 is 0 Å². The molecule has 5 aliphatic carbocycles. The molecule has 0 spiro atoms. The molecule has 0 aromatic carbocycles. The molecule has 6 rings (SSSR count). The van der Waals surface area contributed by atoms with Gasteiger partial charge in [-0.15, -0.1) is 0 Å². The van der Waals surface area contributed by atoms with Crippen molar-refractivity contribution in [2.75, 3.05) is 0 Å². The molecule has 0 unspecified atom stereocenters. The SMILES string of the molecule is C=C(CC(C)(C)C(=O)O)O[C@H]1CC[C@]2(C)[C@H]3CC[C@@H]4[C@H]5[C@H](C(=C)C)CC[C@]5(C/C(N)=N\c5ccccn5)CC[C@@]4(C)[C@]3(C)CC[C@H]2C1(C)C. The Morgan fingerprint density at radius 3 is 2.37 bits per heavy atom. The van der Waals surface area contributed by atoms with E-state index in [0.717, 1.165) is 25.1 Å². The summed E-state index contributed by atoms with van der Waals surface area (Å²) in [7, 11) is 0. The van der Waals surface area contributed by atoms with Gasteiger partial charge in [-0.1, -0.05) is 59.4 Å². The van der Waals surface area contributed by atoms with Crippen molar-refractivity contribution in [1.82, 2.24) is 4.98 Å². The Balaban J connectivity index is 1.26. The van der Waals surface area contributed by atoms with Crippen molar-refractivity contribution in [3.63, 3.8) is 0 Å². The first-order valence-electron chi connectivity index (χ1n) is 19.3. The van der Waals surface area contributed by atoms with E-state index in [2.05, 4.69) is 59.7 Å². The summed E-state index contributed by atoms with van der Waals surface area (Å²) >= 11 is 0. The molecule has 1 aromatic heterocycles. The summed E-state index contributed by atoms with van der Waals surface area (Å²) in [4.78, 5) is 21.1. The van der Waals surface area contributed by atoms with Gasteiger partial charge in [-0.25, -0.2) is 9.98 Å². The predicted molar refractivity (Wildman–Crippen MR) is 199 cm³/mol. The third-order valence-corrected chi connectivity index (χ3v) is 16.1. The lowest BCUT2D eigenvalue weighted by atomic mass is 9.32. The molecular formula is C43H65N3O3. The number of ether oxygens (including phenoxy) is 1. The molecule has 0 bridgehead atoms. The molecule has 270 valence electrons. The molecule has 5 aliphatic rings. The fourth-order valence-corrected chi connectivity index (χ4v) is 13.6. The zero-order valence-electron chi connectivity index (χ0n) is 31.9. The van der Waals surface area contributed by atoms with Gasteiger partial charge >= 0.3 is 5.97 Å². The zero-order chi connectivity index (χ0) is 35.8. The van der Waals surface area contributed by atoms with E-state index in [0.29, 0.717) is 47.6 Å². The number of aliphatic imine (C=N–C) groups is 1. The lowest BCUT2D eigenvalue weighted by molar-refractivity contribution is -0.248. The molecule has 0 amide bonds. The summed E-state index contributed by atoms with van der Waals surface area (Å²) in [5.74, 6) is 4.26. The fraction of sp³-hybridized carbons (Fsp3) is 0.744. The van der Waals surface area contributed by atoms with Crippen molar-refractivity contribution in [2.24, 2.45) is 72.8 Å². The summed E-state index contributed by atoms with van der Waals surface area (Å²) in [5, 5.41) is 9.71. The van der Waals surface area contributed by atoms with E-state index in [1.165, 1.54) is 56.9 Å². The van der Waals surface area contributed by atoms with Crippen molar-refractivity contribution in [1.29, 1.82) is 0 Å². The number of hydrogen-bond donors (Lipinski definition) is 2. The van der Waals surface area contributed by atoms with Crippen LogP contribution in [0, 0.1) is 62.1 Å². The van der Waals surface area contributed by atoms with E-state index in [1.54, 1.807) is 20.0 Å². The predicted octanol–water partition coefficient (Wildman–Crippen LogP) is 10.5. The number of allylic oxidation sites excluding steroid dienone is 2. The van der Waals surface area contributed by atoms with E-state index in [4.69, 9.17) is 15.5 Å². The fourth-order valence-electron chi connectivity index (χ4n) is 13.6. The molecule has 0 saturated heterocycles. The summed E-state index contributed by atoms with van der Waals surface area (Å²) in [6.45, 7) is 27.5. The monoisotopic (exact) mass is 672 g/mol. The van der Waals surface area contributed by atoms with Gasteiger partial charge in [-0.05, 0) is 148 Å². The third-order valence-electron chi connectivity index (χ3n) is 16.1. The number of hydrogen-bond acceptors (Lipinski definition) is 4. The number of aliphatic carboxylic acids is 1. The van der Waals surface area contributed by atoms with Crippen LogP contribution < -0.4 is 5.73 Å². The first-order chi connectivity index (χ1) is 22.8. The Morgan fingerprint density at radius 2 is 1.71 bits per heavy atom. The molecule has 3 N–H and O–H groups in total. The Bertz CT molecular complexity index is 1500. The Hall–Kier alpha value is -2.63. The van der Waals surface area contributed by atoms with Crippen LogP contribution in [-0.4, -0.2) is 28.0 Å². The Kier molecular flexibility index (Phi) is 9.05. The van der Waals surface area contributed by atoms with Crippen molar-refractivity contribution < 1.29 is 14.6 Å². The second kappa shape index (κ2) is 12.3. The normalized spacial score (nSPS) is 41.4. The maximum atomic E-state index is 11.8. The first kappa shape index (κ1) is 36.2. The van der Waals surface area contributed by atoms with E-state index in [-0.39, 0.29) is 33.2 Å². The van der Waals surface area contributed by atoms with Gasteiger partial charge in [-0.3, -0.25) is 4.79 Å². The highest BCUT2D eigenvalue weighted by Crippen LogP contribution is 2.78. The molecular weight excluding hydrogens is 606 g/mol. The maximum absolute atomic E-state index is 11.8. The van der Waals surface area contributed by atoms with Crippen LogP contribution in [0.25, 0.3) is 0 Å². The number of carboxylic acid groups (broad SMARTS) is 1. The van der Waals surface area contributed by atoms with E-state index in [9.17, 15) is 9.90 Å². The minimum atomic E-state index is -0.886. The molecule has 5 fully saturated rings. The highest BCUT2D eigenvalue weighted by atomic mass is 16.5. The molecule has 0 radical (unpaired) electrons. The van der Waals surface area contributed by atoms with Crippen molar-refractivity contribution in [3.05, 3.63) is 48.9 Å². The minimum Gasteiger partial charge on any atom is -0.495 e. The number of nitrogens with zero attached hydrogens (tertiary/aromatic N) is 2. The number of pyridine rings is 1. The topological polar surface area (TPSA) is 97.8 Å².